The molecule has 0 aromatic carbocycles. The fraction of sp³-hybridized carbons (Fsp3) is 1.00. The molecule has 10 heavy (non-hydrogen) atoms. The second-order valence-electron chi connectivity index (χ2n) is 2.33. The van der Waals surface area contributed by atoms with Gasteiger partial charge >= 0.3 is 0 Å². The number of hydrogen-bond donors (Lipinski definition) is 2. The molecule has 0 saturated heterocycles. The molecule has 0 bridgehead atoms. The predicted octanol–water partition coefficient (Wildman–Crippen LogP) is -0.665. The first-order chi connectivity index (χ1) is 4.63. The number of aliphatic hydroxyl groups excluding tert-OH is 1. The average molecular weight is 165 g/mol. The summed E-state index contributed by atoms with van der Waals surface area (Å²) in [7, 11) is -0.724. The van der Waals surface area contributed by atoms with Crippen molar-refractivity contribution in [2.24, 2.45) is 0 Å². The highest BCUT2D eigenvalue weighted by Crippen LogP contribution is 1.75. The van der Waals surface area contributed by atoms with Crippen LogP contribution in [0.1, 0.15) is 6.92 Å². The van der Waals surface area contributed by atoms with Crippen LogP contribution in [0, 0.1) is 0 Å². The van der Waals surface area contributed by atoms with Gasteiger partial charge in [0.1, 0.15) is 0 Å². The zero-order valence-electron chi connectivity index (χ0n) is 6.46. The van der Waals surface area contributed by atoms with E-state index in [1.165, 1.54) is 0 Å². The molecule has 0 saturated carbocycles. The molecule has 0 heterocycles. The molecule has 0 fully saturated rings. The average Bonchev–Trinajstić information content (AvgIpc) is 1.79. The molecule has 4 heteroatoms. The van der Waals surface area contributed by atoms with Crippen LogP contribution in [0.2, 0.25) is 0 Å². The summed E-state index contributed by atoms with van der Waals surface area (Å²) < 4.78 is 10.5. The summed E-state index contributed by atoms with van der Waals surface area (Å²) in [6, 6.07) is 0. The van der Waals surface area contributed by atoms with E-state index in [2.05, 4.69) is 5.32 Å². The van der Waals surface area contributed by atoms with Gasteiger partial charge in [-0.15, -0.1) is 0 Å². The van der Waals surface area contributed by atoms with Crippen LogP contribution in [0.3, 0.4) is 0 Å². The minimum atomic E-state index is -0.724. The molecular weight excluding hydrogens is 150 g/mol. The summed E-state index contributed by atoms with van der Waals surface area (Å²) in [6.45, 7) is 3.02. The van der Waals surface area contributed by atoms with Gasteiger partial charge in [-0.05, 0) is 6.92 Å². The molecule has 0 spiro atoms. The molecule has 2 unspecified atom stereocenters. The van der Waals surface area contributed by atoms with Crippen LogP contribution in [-0.4, -0.2) is 40.5 Å². The molecule has 0 aromatic heterocycles. The molecule has 62 valence electrons. The first-order valence-corrected chi connectivity index (χ1v) is 5.04. The Hall–Kier alpha value is 0.0700. The molecule has 3 nitrogen and oxygen atoms in total. The maximum absolute atomic E-state index is 10.5. The molecule has 0 aliphatic heterocycles. The maximum atomic E-state index is 10.5. The topological polar surface area (TPSA) is 49.3 Å². The van der Waals surface area contributed by atoms with E-state index in [4.69, 9.17) is 5.11 Å². The monoisotopic (exact) mass is 165 g/mol. The third-order valence-corrected chi connectivity index (χ3v) is 1.79. The van der Waals surface area contributed by atoms with Gasteiger partial charge in [-0.2, -0.15) is 0 Å². The summed E-state index contributed by atoms with van der Waals surface area (Å²) in [5.74, 6) is 0.659. The van der Waals surface area contributed by atoms with Crippen LogP contribution < -0.4 is 5.32 Å². The van der Waals surface area contributed by atoms with Crippen molar-refractivity contribution in [3.05, 3.63) is 0 Å². The Morgan fingerprint density at radius 2 is 2.30 bits per heavy atom. The van der Waals surface area contributed by atoms with E-state index in [1.54, 1.807) is 13.2 Å². The van der Waals surface area contributed by atoms with Gasteiger partial charge in [0, 0.05) is 35.9 Å². The van der Waals surface area contributed by atoms with E-state index in [0.29, 0.717) is 18.8 Å². The number of nitrogens with one attached hydrogen (secondary N) is 1. The van der Waals surface area contributed by atoms with Crippen LogP contribution in [0.5, 0.6) is 0 Å². The third-order valence-electron chi connectivity index (χ3n) is 1.01. The highest BCUT2D eigenvalue weighted by Gasteiger charge is 1.94. The number of hydrogen-bond acceptors (Lipinski definition) is 3. The lowest BCUT2D eigenvalue weighted by molar-refractivity contribution is 0.192. The van der Waals surface area contributed by atoms with Crippen molar-refractivity contribution in [3.8, 4) is 0 Å². The number of aliphatic hydroxyl groups is 1. The molecule has 0 rings (SSSR count). The van der Waals surface area contributed by atoms with Crippen molar-refractivity contribution >= 4 is 10.8 Å². The minimum absolute atomic E-state index is 0.315. The Labute approximate surface area is 64.3 Å². The largest absolute Gasteiger partial charge is 0.392 e. The predicted molar refractivity (Wildman–Crippen MR) is 43.5 cm³/mol. The van der Waals surface area contributed by atoms with Gasteiger partial charge in [0.2, 0.25) is 0 Å². The van der Waals surface area contributed by atoms with E-state index in [9.17, 15) is 4.21 Å². The van der Waals surface area contributed by atoms with E-state index in [0.717, 1.165) is 0 Å². The zero-order valence-corrected chi connectivity index (χ0v) is 7.28. The molecule has 0 amide bonds. The van der Waals surface area contributed by atoms with Gasteiger partial charge in [-0.3, -0.25) is 4.21 Å². The van der Waals surface area contributed by atoms with Crippen molar-refractivity contribution in [3.63, 3.8) is 0 Å². The molecule has 0 aliphatic rings. The van der Waals surface area contributed by atoms with Crippen molar-refractivity contribution in [1.82, 2.24) is 5.32 Å². The molecule has 2 N–H and O–H groups in total. The van der Waals surface area contributed by atoms with Crippen molar-refractivity contribution < 1.29 is 9.32 Å². The fourth-order valence-electron chi connectivity index (χ4n) is 0.527. The fourth-order valence-corrected chi connectivity index (χ4v) is 0.959. The first kappa shape index (κ1) is 10.1. The summed E-state index contributed by atoms with van der Waals surface area (Å²) in [5, 5.41) is 11.8. The molecule has 0 aliphatic carbocycles. The summed E-state index contributed by atoms with van der Waals surface area (Å²) in [4.78, 5) is 0. The van der Waals surface area contributed by atoms with E-state index in [1.807, 2.05) is 0 Å². The van der Waals surface area contributed by atoms with Crippen LogP contribution in [-0.2, 0) is 10.8 Å². The Morgan fingerprint density at radius 1 is 1.70 bits per heavy atom. The van der Waals surface area contributed by atoms with Gasteiger partial charge in [-0.25, -0.2) is 0 Å². The van der Waals surface area contributed by atoms with Crippen molar-refractivity contribution in [1.29, 1.82) is 0 Å². The van der Waals surface area contributed by atoms with Gasteiger partial charge in [-0.1, -0.05) is 0 Å². The van der Waals surface area contributed by atoms with Gasteiger partial charge < -0.3 is 10.4 Å². The normalized spacial score (nSPS) is 16.7. The van der Waals surface area contributed by atoms with Crippen LogP contribution >= 0.6 is 0 Å². The quantitative estimate of drug-likeness (QED) is 0.531. The van der Waals surface area contributed by atoms with Gasteiger partial charge in [0.05, 0.1) is 6.10 Å². The summed E-state index contributed by atoms with van der Waals surface area (Å²) in [6.07, 6.45) is 1.36. The van der Waals surface area contributed by atoms with E-state index < -0.39 is 10.8 Å². The van der Waals surface area contributed by atoms with Crippen LogP contribution in [0.25, 0.3) is 0 Å². The van der Waals surface area contributed by atoms with Crippen molar-refractivity contribution in [2.45, 2.75) is 13.0 Å². The standard InChI is InChI=1S/C6H15NO2S/c1-6(8)5-7-3-4-10(2)9/h6-8H,3-5H2,1-2H3. The zero-order chi connectivity index (χ0) is 7.98. The second-order valence-corrected chi connectivity index (χ2v) is 3.89. The summed E-state index contributed by atoms with van der Waals surface area (Å²) >= 11 is 0. The van der Waals surface area contributed by atoms with Gasteiger partial charge in [0.25, 0.3) is 0 Å². The lowest BCUT2D eigenvalue weighted by Gasteiger charge is -2.04. The van der Waals surface area contributed by atoms with Crippen LogP contribution in [0.4, 0.5) is 0 Å². The first-order valence-electron chi connectivity index (χ1n) is 3.31. The Kier molecular flexibility index (Phi) is 5.87. The highest BCUT2D eigenvalue weighted by atomic mass is 32.2. The maximum Gasteiger partial charge on any atom is 0.0636 e. The molecular formula is C6H15NO2S. The Morgan fingerprint density at radius 3 is 2.70 bits per heavy atom. The molecule has 2 atom stereocenters. The van der Waals surface area contributed by atoms with Crippen LogP contribution in [0.15, 0.2) is 0 Å². The molecule has 0 radical (unpaired) electrons. The van der Waals surface area contributed by atoms with Gasteiger partial charge in [0.15, 0.2) is 0 Å². The third kappa shape index (κ3) is 8.07. The SMILES string of the molecule is CC(O)CNCCS(C)=O. The van der Waals surface area contributed by atoms with Crippen molar-refractivity contribution in [2.75, 3.05) is 25.1 Å². The van der Waals surface area contributed by atoms with E-state index >= 15 is 0 Å². The lowest BCUT2D eigenvalue weighted by atomic mass is 10.4. The molecule has 0 aromatic rings. The Bertz CT molecular complexity index is 106. The second kappa shape index (κ2) is 5.82. The Balaban J connectivity index is 2.98. The highest BCUT2D eigenvalue weighted by molar-refractivity contribution is 7.84. The minimum Gasteiger partial charge on any atom is -0.392 e. The van der Waals surface area contributed by atoms with E-state index in [-0.39, 0.29) is 6.10 Å². The lowest BCUT2D eigenvalue weighted by Crippen LogP contribution is -2.27. The summed E-state index contributed by atoms with van der Waals surface area (Å²) in [5.41, 5.74) is 0. The number of rotatable bonds is 5. The smallest absolute Gasteiger partial charge is 0.0636 e.